The first kappa shape index (κ1) is 17.3. The van der Waals surface area contributed by atoms with E-state index < -0.39 is 16.8 Å². The molecule has 1 heterocycles. The van der Waals surface area contributed by atoms with E-state index in [2.05, 4.69) is 4.99 Å². The van der Waals surface area contributed by atoms with Crippen LogP contribution in [0.2, 0.25) is 0 Å². The van der Waals surface area contributed by atoms with Crippen LogP contribution in [-0.2, 0) is 16.1 Å². The summed E-state index contributed by atoms with van der Waals surface area (Å²) in [6, 6.07) is 0. The number of hydrogen-bond donors (Lipinski definition) is 0. The van der Waals surface area contributed by atoms with Crippen molar-refractivity contribution in [3.05, 3.63) is 15.9 Å². The fourth-order valence-electron chi connectivity index (χ4n) is 5.59. The highest BCUT2D eigenvalue weighted by atomic mass is 32.1. The molecule has 4 bridgehead atoms. The maximum absolute atomic E-state index is 15.1. The monoisotopic (exact) mass is 370 g/mol. The number of alkyl halides is 2. The van der Waals surface area contributed by atoms with Crippen molar-refractivity contribution < 1.29 is 18.3 Å². The van der Waals surface area contributed by atoms with E-state index >= 15 is 8.78 Å². The number of aromatic nitrogens is 1. The summed E-state index contributed by atoms with van der Waals surface area (Å²) >= 11 is 1.43. The molecular formula is C18H24F2N2O2S. The van der Waals surface area contributed by atoms with Gasteiger partial charge in [0.05, 0.1) is 12.0 Å². The van der Waals surface area contributed by atoms with Gasteiger partial charge in [-0.15, -0.1) is 11.3 Å². The summed E-state index contributed by atoms with van der Waals surface area (Å²) < 4.78 is 37.1. The van der Waals surface area contributed by atoms with Crippen LogP contribution in [0.4, 0.5) is 8.78 Å². The number of aryl methyl sites for hydroxylation is 1. The first-order valence-electron chi connectivity index (χ1n) is 8.88. The Morgan fingerprint density at radius 2 is 2.00 bits per heavy atom. The molecule has 0 aromatic carbocycles. The molecule has 4 aliphatic rings. The SMILES string of the molecule is COCCn1cc(C)sc1=NC(=O)C12CC3CC(F)(CC(F)(C3)C1)C2. The number of amides is 1. The third-order valence-corrected chi connectivity index (χ3v) is 6.89. The summed E-state index contributed by atoms with van der Waals surface area (Å²) in [4.78, 5) is 19.0. The van der Waals surface area contributed by atoms with Gasteiger partial charge < -0.3 is 9.30 Å². The summed E-state index contributed by atoms with van der Waals surface area (Å²) in [5.41, 5.74) is -4.02. The van der Waals surface area contributed by atoms with Gasteiger partial charge >= 0.3 is 0 Å². The number of ether oxygens (including phenoxy) is 1. The molecule has 1 amide bonds. The molecule has 138 valence electrons. The van der Waals surface area contributed by atoms with Crippen molar-refractivity contribution in [2.24, 2.45) is 16.3 Å². The Morgan fingerprint density at radius 1 is 1.32 bits per heavy atom. The molecule has 4 saturated carbocycles. The van der Waals surface area contributed by atoms with E-state index in [1.165, 1.54) is 11.3 Å². The summed E-state index contributed by atoms with van der Waals surface area (Å²) in [5, 5.41) is 0. The third kappa shape index (κ3) is 2.99. The molecule has 1 aromatic heterocycles. The molecule has 4 aliphatic carbocycles. The fraction of sp³-hybridized carbons (Fsp3) is 0.778. The molecule has 0 radical (unpaired) electrons. The highest BCUT2D eigenvalue weighted by Gasteiger charge is 2.67. The number of methoxy groups -OCH3 is 1. The molecule has 5 rings (SSSR count). The maximum Gasteiger partial charge on any atom is 0.254 e. The van der Waals surface area contributed by atoms with E-state index in [9.17, 15) is 4.79 Å². The average molecular weight is 370 g/mol. The lowest BCUT2D eigenvalue weighted by atomic mass is 9.47. The van der Waals surface area contributed by atoms with E-state index in [0.29, 0.717) is 37.2 Å². The molecule has 7 heteroatoms. The molecule has 0 saturated heterocycles. The van der Waals surface area contributed by atoms with Gasteiger partial charge in [0.25, 0.3) is 5.91 Å². The smallest absolute Gasteiger partial charge is 0.254 e. The Hall–Kier alpha value is -1.08. The van der Waals surface area contributed by atoms with E-state index in [1.807, 2.05) is 17.7 Å². The third-order valence-electron chi connectivity index (χ3n) is 5.96. The van der Waals surface area contributed by atoms with Crippen molar-refractivity contribution in [2.45, 2.75) is 63.3 Å². The lowest BCUT2D eigenvalue weighted by molar-refractivity contribution is -0.183. The predicted octanol–water partition coefficient (Wildman–Crippen LogP) is 3.33. The van der Waals surface area contributed by atoms with Crippen LogP contribution >= 0.6 is 11.3 Å². The van der Waals surface area contributed by atoms with Gasteiger partial charge in [-0.05, 0) is 44.9 Å². The molecule has 4 fully saturated rings. The number of nitrogens with zero attached hydrogens (tertiary/aromatic N) is 2. The average Bonchev–Trinajstić information content (AvgIpc) is 2.81. The second-order valence-corrected chi connectivity index (χ2v) is 9.53. The van der Waals surface area contributed by atoms with Crippen molar-refractivity contribution in [3.8, 4) is 0 Å². The van der Waals surface area contributed by atoms with Crippen LogP contribution in [0.15, 0.2) is 11.2 Å². The molecule has 2 unspecified atom stereocenters. The molecule has 1 aromatic rings. The van der Waals surface area contributed by atoms with Gasteiger partial charge in [-0.25, -0.2) is 8.78 Å². The van der Waals surface area contributed by atoms with Crippen molar-refractivity contribution in [3.63, 3.8) is 0 Å². The number of rotatable bonds is 4. The van der Waals surface area contributed by atoms with Crippen LogP contribution in [0.3, 0.4) is 0 Å². The molecule has 4 nitrogen and oxygen atoms in total. The zero-order valence-electron chi connectivity index (χ0n) is 14.7. The van der Waals surface area contributed by atoms with Gasteiger partial charge in [0.1, 0.15) is 11.3 Å². The largest absolute Gasteiger partial charge is 0.383 e. The van der Waals surface area contributed by atoms with Crippen LogP contribution in [0.25, 0.3) is 0 Å². The summed E-state index contributed by atoms with van der Waals surface area (Å²) in [7, 11) is 1.62. The van der Waals surface area contributed by atoms with Crippen LogP contribution in [0, 0.1) is 18.3 Å². The lowest BCUT2D eigenvalue weighted by Crippen LogP contribution is -2.62. The van der Waals surface area contributed by atoms with Gasteiger partial charge in [-0.2, -0.15) is 4.99 Å². The first-order chi connectivity index (χ1) is 11.7. The maximum atomic E-state index is 15.1. The fourth-order valence-corrected chi connectivity index (χ4v) is 6.45. The van der Waals surface area contributed by atoms with Gasteiger partial charge in [0.2, 0.25) is 0 Å². The number of thiazole rings is 1. The van der Waals surface area contributed by atoms with Crippen molar-refractivity contribution in [2.75, 3.05) is 13.7 Å². The van der Waals surface area contributed by atoms with Gasteiger partial charge in [-0.1, -0.05) is 0 Å². The zero-order chi connectivity index (χ0) is 17.9. The Kier molecular flexibility index (Phi) is 3.96. The van der Waals surface area contributed by atoms with E-state index in [4.69, 9.17) is 4.74 Å². The summed E-state index contributed by atoms with van der Waals surface area (Å²) in [6.07, 6.45) is 3.54. The first-order valence-corrected chi connectivity index (χ1v) is 9.69. The minimum atomic E-state index is -1.53. The molecule has 2 atom stereocenters. The van der Waals surface area contributed by atoms with Crippen LogP contribution in [0.1, 0.15) is 43.4 Å². The second-order valence-electron chi connectivity index (χ2n) is 8.32. The molecule has 25 heavy (non-hydrogen) atoms. The minimum absolute atomic E-state index is 0.0314. The molecular weight excluding hydrogens is 346 g/mol. The number of hydrogen-bond acceptors (Lipinski definition) is 3. The summed E-state index contributed by atoms with van der Waals surface area (Å²) in [6.45, 7) is 3.07. The molecule has 0 N–H and O–H groups in total. The van der Waals surface area contributed by atoms with Crippen molar-refractivity contribution in [1.29, 1.82) is 0 Å². The van der Waals surface area contributed by atoms with Crippen LogP contribution in [0.5, 0.6) is 0 Å². The second kappa shape index (κ2) is 5.71. The van der Waals surface area contributed by atoms with Gasteiger partial charge in [0.15, 0.2) is 4.80 Å². The zero-order valence-corrected chi connectivity index (χ0v) is 15.5. The number of halogens is 2. The molecule has 0 spiro atoms. The Labute approximate surface area is 149 Å². The lowest BCUT2D eigenvalue weighted by Gasteiger charge is -2.59. The van der Waals surface area contributed by atoms with E-state index in [-0.39, 0.29) is 31.1 Å². The van der Waals surface area contributed by atoms with Crippen molar-refractivity contribution >= 4 is 17.2 Å². The van der Waals surface area contributed by atoms with Gasteiger partial charge in [-0.3, -0.25) is 4.79 Å². The Morgan fingerprint density at radius 3 is 2.60 bits per heavy atom. The standard InChI is InChI=1S/C18H24F2N2O2S/c1-12-8-22(3-4-24-2)15(25-12)21-14(23)16-5-13-6-17(19,9-16)11-18(20,7-13)10-16/h8,13H,3-7,9-11H2,1-2H3. The van der Waals surface area contributed by atoms with E-state index in [1.54, 1.807) is 7.11 Å². The topological polar surface area (TPSA) is 43.6 Å². The number of carbonyl (C=O) groups excluding carboxylic acids is 1. The Bertz CT molecular complexity index is 753. The van der Waals surface area contributed by atoms with E-state index in [0.717, 1.165) is 4.88 Å². The predicted molar refractivity (Wildman–Crippen MR) is 90.8 cm³/mol. The number of carbonyl (C=O) groups is 1. The quantitative estimate of drug-likeness (QED) is 0.816. The summed E-state index contributed by atoms with van der Waals surface area (Å²) in [5.74, 6) is -0.371. The van der Waals surface area contributed by atoms with Crippen LogP contribution in [-0.4, -0.2) is 35.5 Å². The normalized spacial score (nSPS) is 40.0. The molecule has 0 aliphatic heterocycles. The Balaban J connectivity index is 1.68. The van der Waals surface area contributed by atoms with Gasteiger partial charge in [0, 0.05) is 31.1 Å². The van der Waals surface area contributed by atoms with Crippen LogP contribution < -0.4 is 4.80 Å². The highest BCUT2D eigenvalue weighted by Crippen LogP contribution is 2.65. The minimum Gasteiger partial charge on any atom is -0.383 e. The van der Waals surface area contributed by atoms with Crippen molar-refractivity contribution in [1.82, 2.24) is 4.57 Å². The highest BCUT2D eigenvalue weighted by molar-refractivity contribution is 7.09.